The lowest BCUT2D eigenvalue weighted by Gasteiger charge is -2.32. The van der Waals surface area contributed by atoms with Gasteiger partial charge in [-0.15, -0.1) is 0 Å². The van der Waals surface area contributed by atoms with E-state index in [2.05, 4.69) is 35.6 Å². The highest BCUT2D eigenvalue weighted by molar-refractivity contribution is 6.06. The third kappa shape index (κ3) is 4.04. The maximum Gasteiger partial charge on any atom is 0.262 e. The van der Waals surface area contributed by atoms with E-state index in [0.29, 0.717) is 6.42 Å². The molecule has 2 aliphatic heterocycles. The quantitative estimate of drug-likeness (QED) is 0.467. The molecule has 4 aromatic rings. The molecule has 0 radical (unpaired) electrons. The zero-order valence-electron chi connectivity index (χ0n) is 19.1. The van der Waals surface area contributed by atoms with Gasteiger partial charge in [0.1, 0.15) is 0 Å². The average molecular weight is 461 g/mol. The number of amides is 2. The Hall–Kier alpha value is -4.45. The topological polar surface area (TPSA) is 65.0 Å². The van der Waals surface area contributed by atoms with Gasteiger partial charge in [0.15, 0.2) is 0 Å². The van der Waals surface area contributed by atoms with Crippen molar-refractivity contribution in [3.8, 4) is 0 Å². The van der Waals surface area contributed by atoms with E-state index in [1.165, 1.54) is 5.39 Å². The molecule has 0 spiro atoms. The van der Waals surface area contributed by atoms with Crippen molar-refractivity contribution < 1.29 is 9.59 Å². The lowest BCUT2D eigenvalue weighted by atomic mass is 9.97. The Morgan fingerprint density at radius 3 is 2.49 bits per heavy atom. The number of carbonyl (C=O) groups is 2. The highest BCUT2D eigenvalue weighted by Crippen LogP contribution is 2.34. The molecule has 1 N–H and O–H groups in total. The zero-order valence-corrected chi connectivity index (χ0v) is 19.1. The summed E-state index contributed by atoms with van der Waals surface area (Å²) in [6.07, 6.45) is 0.630. The minimum absolute atomic E-state index is 0.0717. The van der Waals surface area contributed by atoms with Crippen molar-refractivity contribution in [1.29, 1.82) is 0 Å². The molecule has 172 valence electrons. The van der Waals surface area contributed by atoms with E-state index in [4.69, 9.17) is 5.10 Å². The molecule has 0 bridgehead atoms. The summed E-state index contributed by atoms with van der Waals surface area (Å²) < 4.78 is 0. The highest BCUT2D eigenvalue weighted by Gasteiger charge is 2.35. The maximum absolute atomic E-state index is 13.6. The van der Waals surface area contributed by atoms with Crippen molar-refractivity contribution >= 4 is 39.7 Å². The van der Waals surface area contributed by atoms with Crippen molar-refractivity contribution in [2.45, 2.75) is 12.5 Å². The maximum atomic E-state index is 13.6. The molecule has 2 aliphatic rings. The fraction of sp³-hybridized carbons (Fsp3) is 0.138. The van der Waals surface area contributed by atoms with Crippen LogP contribution in [0.5, 0.6) is 0 Å². The Bertz CT molecular complexity index is 1460. The molecule has 0 unspecified atom stereocenters. The molecule has 0 aromatic heterocycles. The van der Waals surface area contributed by atoms with Crippen LogP contribution in [-0.4, -0.2) is 35.6 Å². The van der Waals surface area contributed by atoms with E-state index in [-0.39, 0.29) is 30.9 Å². The van der Waals surface area contributed by atoms with E-state index < -0.39 is 0 Å². The molecule has 4 aromatic carbocycles. The van der Waals surface area contributed by atoms with Crippen LogP contribution < -0.4 is 10.2 Å². The molecule has 6 heteroatoms. The van der Waals surface area contributed by atoms with Crippen LogP contribution in [0.4, 0.5) is 11.4 Å². The van der Waals surface area contributed by atoms with Gasteiger partial charge in [0, 0.05) is 6.42 Å². The van der Waals surface area contributed by atoms with Crippen LogP contribution >= 0.6 is 0 Å². The largest absolute Gasteiger partial charge is 0.351 e. The predicted octanol–water partition coefficient (Wildman–Crippen LogP) is 4.98. The summed E-state index contributed by atoms with van der Waals surface area (Å²) in [5.74, 6) is -0.267. The van der Waals surface area contributed by atoms with Gasteiger partial charge in [-0.1, -0.05) is 78.9 Å². The van der Waals surface area contributed by atoms with Crippen molar-refractivity contribution in [1.82, 2.24) is 5.01 Å². The first-order valence-corrected chi connectivity index (χ1v) is 11.7. The molecule has 0 saturated heterocycles. The molecule has 0 saturated carbocycles. The molecule has 2 heterocycles. The Morgan fingerprint density at radius 2 is 1.63 bits per heavy atom. The van der Waals surface area contributed by atoms with Crippen LogP contribution in [0.2, 0.25) is 0 Å². The number of benzene rings is 4. The fourth-order valence-electron chi connectivity index (χ4n) is 4.90. The lowest BCUT2D eigenvalue weighted by molar-refractivity contribution is -0.131. The number of nitrogens with zero attached hydrogens (tertiary/aromatic N) is 3. The monoisotopic (exact) mass is 460 g/mol. The standard InChI is InChI=1S/C29H24N4O2/c34-28-18-32(26-13-7-6-12-24(26)30-28)19-29(35)33-27(21-9-2-1-3-10-21)17-25(31-33)23-15-14-20-8-4-5-11-22(20)16-23/h1-16,27H,17-19H2,(H,30,34)/t27-/m0/s1. The number of para-hydroxylation sites is 2. The normalized spacial score (nSPS) is 17.2. The number of anilines is 2. The molecule has 1 atom stereocenters. The number of hydrogen-bond donors (Lipinski definition) is 1. The van der Waals surface area contributed by atoms with Crippen molar-refractivity contribution in [2.24, 2.45) is 5.10 Å². The van der Waals surface area contributed by atoms with Gasteiger partial charge < -0.3 is 10.2 Å². The summed E-state index contributed by atoms with van der Waals surface area (Å²) in [7, 11) is 0. The van der Waals surface area contributed by atoms with Crippen LogP contribution in [0.25, 0.3) is 10.8 Å². The van der Waals surface area contributed by atoms with E-state index in [0.717, 1.165) is 33.6 Å². The Kier molecular flexibility index (Phi) is 5.26. The second kappa shape index (κ2) is 8.72. The molecule has 2 amide bonds. The van der Waals surface area contributed by atoms with E-state index in [9.17, 15) is 9.59 Å². The van der Waals surface area contributed by atoms with Crippen molar-refractivity contribution in [2.75, 3.05) is 23.3 Å². The van der Waals surface area contributed by atoms with Crippen molar-refractivity contribution in [3.63, 3.8) is 0 Å². The van der Waals surface area contributed by atoms with Gasteiger partial charge in [-0.05, 0) is 40.1 Å². The first-order valence-electron chi connectivity index (χ1n) is 11.7. The first-order chi connectivity index (χ1) is 17.2. The third-order valence-electron chi connectivity index (χ3n) is 6.61. The van der Waals surface area contributed by atoms with Gasteiger partial charge in [-0.2, -0.15) is 5.10 Å². The van der Waals surface area contributed by atoms with E-state index in [1.807, 2.05) is 71.6 Å². The molecule has 0 aliphatic carbocycles. The number of fused-ring (bicyclic) bond motifs is 2. The number of nitrogens with one attached hydrogen (secondary N) is 1. The summed E-state index contributed by atoms with van der Waals surface area (Å²) >= 11 is 0. The van der Waals surface area contributed by atoms with Crippen LogP contribution in [0.1, 0.15) is 23.6 Å². The van der Waals surface area contributed by atoms with E-state index >= 15 is 0 Å². The number of hydrogen-bond acceptors (Lipinski definition) is 4. The molecule has 6 rings (SSSR count). The summed E-state index contributed by atoms with van der Waals surface area (Å²) in [4.78, 5) is 27.7. The summed E-state index contributed by atoms with van der Waals surface area (Å²) in [6, 6.07) is 31.9. The minimum Gasteiger partial charge on any atom is -0.351 e. The number of carbonyl (C=O) groups excluding carboxylic acids is 2. The predicted molar refractivity (Wildman–Crippen MR) is 138 cm³/mol. The number of hydrazone groups is 1. The molecule has 6 nitrogen and oxygen atoms in total. The summed E-state index contributed by atoms with van der Waals surface area (Å²) in [5, 5.41) is 11.6. The van der Waals surface area contributed by atoms with Gasteiger partial charge in [0.2, 0.25) is 5.91 Å². The zero-order chi connectivity index (χ0) is 23.8. The third-order valence-corrected chi connectivity index (χ3v) is 6.61. The van der Waals surface area contributed by atoms with Gasteiger partial charge in [-0.25, -0.2) is 5.01 Å². The lowest BCUT2D eigenvalue weighted by Crippen LogP contribution is -2.44. The second-order valence-electron chi connectivity index (χ2n) is 8.90. The van der Waals surface area contributed by atoms with Crippen molar-refractivity contribution in [3.05, 3.63) is 108 Å². The summed E-state index contributed by atoms with van der Waals surface area (Å²) in [6.45, 7) is 0.204. The fourth-order valence-corrected chi connectivity index (χ4v) is 4.90. The van der Waals surface area contributed by atoms with Crippen LogP contribution in [-0.2, 0) is 9.59 Å². The molecule has 35 heavy (non-hydrogen) atoms. The Balaban J connectivity index is 1.33. The second-order valence-corrected chi connectivity index (χ2v) is 8.90. The smallest absolute Gasteiger partial charge is 0.262 e. The number of rotatable bonds is 4. The van der Waals surface area contributed by atoms with Crippen LogP contribution in [0.3, 0.4) is 0 Å². The highest BCUT2D eigenvalue weighted by atomic mass is 16.2. The Labute approximate surface area is 203 Å². The van der Waals surface area contributed by atoms with Gasteiger partial charge in [0.05, 0.1) is 36.2 Å². The van der Waals surface area contributed by atoms with Crippen LogP contribution in [0.15, 0.2) is 102 Å². The average Bonchev–Trinajstić information content (AvgIpc) is 3.35. The van der Waals surface area contributed by atoms with Gasteiger partial charge >= 0.3 is 0 Å². The van der Waals surface area contributed by atoms with E-state index in [1.54, 1.807) is 5.01 Å². The van der Waals surface area contributed by atoms with Crippen LogP contribution in [0, 0.1) is 0 Å². The molecular weight excluding hydrogens is 436 g/mol. The molecular formula is C29H24N4O2. The SMILES string of the molecule is O=C1CN(CC(=O)N2N=C(c3ccc4ccccc4c3)C[C@H]2c2ccccc2)c2ccccc2N1. The molecule has 0 fully saturated rings. The summed E-state index contributed by atoms with van der Waals surface area (Å²) in [5.41, 5.74) is 4.50. The van der Waals surface area contributed by atoms with Gasteiger partial charge in [-0.3, -0.25) is 9.59 Å². The Morgan fingerprint density at radius 1 is 0.886 bits per heavy atom. The first kappa shape index (κ1) is 21.1. The van der Waals surface area contributed by atoms with Gasteiger partial charge in [0.25, 0.3) is 5.91 Å². The minimum atomic E-state index is -0.195.